The van der Waals surface area contributed by atoms with Gasteiger partial charge in [0.05, 0.1) is 0 Å². The second-order valence-corrected chi connectivity index (χ2v) is 5.58. The fourth-order valence-corrected chi connectivity index (χ4v) is 2.21. The number of rotatable bonds is 5. The van der Waals surface area contributed by atoms with Crippen molar-refractivity contribution in [3.05, 3.63) is 35.4 Å². The molecule has 0 aromatic heterocycles. The van der Waals surface area contributed by atoms with Crippen LogP contribution in [0, 0.1) is 11.3 Å². The van der Waals surface area contributed by atoms with E-state index in [1.54, 1.807) is 6.07 Å². The van der Waals surface area contributed by atoms with Gasteiger partial charge in [-0.15, -0.1) is 0 Å². The Kier molecular flexibility index (Phi) is 9.36. The number of nitrogens with zero attached hydrogens (tertiary/aromatic N) is 2. The first-order valence-corrected chi connectivity index (χ1v) is 7.62. The van der Waals surface area contributed by atoms with Crippen molar-refractivity contribution in [3.63, 3.8) is 0 Å². The number of carboxylic acid groups (broad SMARTS) is 1. The highest BCUT2D eigenvalue weighted by atomic mass is 16.4. The Morgan fingerprint density at radius 2 is 1.70 bits per heavy atom. The lowest BCUT2D eigenvalue weighted by atomic mass is 10.1. The van der Waals surface area contributed by atoms with E-state index < -0.39 is 5.97 Å². The van der Waals surface area contributed by atoms with Crippen molar-refractivity contribution in [1.29, 1.82) is 5.26 Å². The van der Waals surface area contributed by atoms with Crippen molar-refractivity contribution in [2.45, 2.75) is 46.7 Å². The summed E-state index contributed by atoms with van der Waals surface area (Å²) >= 11 is 0. The summed E-state index contributed by atoms with van der Waals surface area (Å²) in [6.07, 6.45) is 1.24. The molecule has 0 fully saturated rings. The number of carboxylic acids is 1. The Labute approximate surface area is 138 Å². The molecule has 0 amide bonds. The number of aliphatic carboxylic acids is 1. The molecular formula is C18H26N2O3. The summed E-state index contributed by atoms with van der Waals surface area (Å²) < 4.78 is 0. The monoisotopic (exact) mass is 318 g/mol. The lowest BCUT2D eigenvalue weighted by molar-refractivity contribution is -0.132. The van der Waals surface area contributed by atoms with Crippen LogP contribution in [0.15, 0.2) is 29.8 Å². The zero-order chi connectivity index (χ0) is 18.0. The van der Waals surface area contributed by atoms with Crippen molar-refractivity contribution < 1.29 is 15.0 Å². The Morgan fingerprint density at radius 3 is 1.96 bits per heavy atom. The van der Waals surface area contributed by atoms with Crippen LogP contribution in [-0.4, -0.2) is 39.7 Å². The lowest BCUT2D eigenvalue weighted by Crippen LogP contribution is -2.36. The fourth-order valence-electron chi connectivity index (χ4n) is 2.21. The van der Waals surface area contributed by atoms with Crippen LogP contribution in [0.2, 0.25) is 0 Å². The van der Waals surface area contributed by atoms with E-state index in [1.165, 1.54) is 30.3 Å². The van der Waals surface area contributed by atoms with Crippen LogP contribution in [0.1, 0.15) is 40.2 Å². The van der Waals surface area contributed by atoms with Gasteiger partial charge in [-0.2, -0.15) is 5.26 Å². The van der Waals surface area contributed by atoms with Gasteiger partial charge in [-0.05, 0) is 58.0 Å². The zero-order valence-electron chi connectivity index (χ0n) is 14.4. The van der Waals surface area contributed by atoms with E-state index in [9.17, 15) is 4.79 Å². The molecule has 0 aliphatic carbocycles. The van der Waals surface area contributed by atoms with Crippen LogP contribution in [0.4, 0.5) is 0 Å². The van der Waals surface area contributed by atoms with Gasteiger partial charge in [0, 0.05) is 12.1 Å². The maximum atomic E-state index is 10.5. The first kappa shape index (κ1) is 20.7. The van der Waals surface area contributed by atoms with Crippen LogP contribution in [0.25, 0.3) is 6.08 Å². The molecule has 2 N–H and O–H groups in total. The molecule has 0 saturated heterocycles. The van der Waals surface area contributed by atoms with E-state index in [0.717, 1.165) is 6.54 Å². The summed E-state index contributed by atoms with van der Waals surface area (Å²) in [4.78, 5) is 12.9. The van der Waals surface area contributed by atoms with Gasteiger partial charge >= 0.3 is 5.97 Å². The molecule has 5 heteroatoms. The molecule has 1 rings (SSSR count). The highest BCUT2D eigenvalue weighted by Crippen LogP contribution is 2.12. The van der Waals surface area contributed by atoms with E-state index in [0.29, 0.717) is 17.6 Å². The van der Waals surface area contributed by atoms with Gasteiger partial charge in [0.1, 0.15) is 17.4 Å². The fraction of sp³-hybridized carbons (Fsp3) is 0.444. The second-order valence-electron chi connectivity index (χ2n) is 5.58. The van der Waals surface area contributed by atoms with Crippen LogP contribution in [-0.2, 0) is 4.79 Å². The summed E-state index contributed by atoms with van der Waals surface area (Å²) in [5.41, 5.74) is 0.220. The van der Waals surface area contributed by atoms with Crippen molar-refractivity contribution in [2.75, 3.05) is 6.54 Å². The average molecular weight is 318 g/mol. The number of benzene rings is 1. The third-order valence-electron chi connectivity index (χ3n) is 3.25. The molecule has 0 spiro atoms. The highest BCUT2D eigenvalue weighted by molar-refractivity contribution is 5.96. The average Bonchev–Trinajstić information content (AvgIpc) is 2.46. The minimum absolute atomic E-state index is 0.0935. The van der Waals surface area contributed by atoms with Crippen molar-refractivity contribution in [2.24, 2.45) is 0 Å². The number of phenols is 1. The SMILES string of the molecule is CCN(C(C)C)C(C)C.N#C/C(=C\c1ccc(O)cc1)C(=O)O. The molecule has 0 heterocycles. The van der Waals surface area contributed by atoms with Crippen LogP contribution in [0.5, 0.6) is 5.75 Å². The Balaban J connectivity index is 0.000000468. The molecule has 0 atom stereocenters. The van der Waals surface area contributed by atoms with Gasteiger partial charge < -0.3 is 10.2 Å². The topological polar surface area (TPSA) is 84.6 Å². The minimum Gasteiger partial charge on any atom is -0.508 e. The third-order valence-corrected chi connectivity index (χ3v) is 3.25. The van der Waals surface area contributed by atoms with Gasteiger partial charge in [-0.1, -0.05) is 19.1 Å². The van der Waals surface area contributed by atoms with E-state index in [1.807, 2.05) is 0 Å². The Hall–Kier alpha value is -2.32. The van der Waals surface area contributed by atoms with E-state index >= 15 is 0 Å². The largest absolute Gasteiger partial charge is 0.508 e. The van der Waals surface area contributed by atoms with Gasteiger partial charge in [0.15, 0.2) is 0 Å². The molecule has 1 aromatic rings. The molecular weight excluding hydrogens is 292 g/mol. The predicted octanol–water partition coefficient (Wildman–Crippen LogP) is 3.51. The molecule has 126 valence electrons. The van der Waals surface area contributed by atoms with Crippen molar-refractivity contribution in [3.8, 4) is 11.8 Å². The number of nitriles is 1. The number of hydrogen-bond acceptors (Lipinski definition) is 4. The van der Waals surface area contributed by atoms with Gasteiger partial charge in [0.2, 0.25) is 0 Å². The minimum atomic E-state index is -1.26. The summed E-state index contributed by atoms with van der Waals surface area (Å²) in [5.74, 6) is -1.17. The number of phenolic OH excluding ortho intramolecular Hbond substituents is 1. The van der Waals surface area contributed by atoms with E-state index in [-0.39, 0.29) is 11.3 Å². The maximum absolute atomic E-state index is 10.5. The Morgan fingerprint density at radius 1 is 1.22 bits per heavy atom. The van der Waals surface area contributed by atoms with Crippen LogP contribution < -0.4 is 0 Å². The zero-order valence-corrected chi connectivity index (χ0v) is 14.4. The number of hydrogen-bond donors (Lipinski definition) is 2. The van der Waals surface area contributed by atoms with Gasteiger partial charge in [-0.25, -0.2) is 4.79 Å². The number of aromatic hydroxyl groups is 1. The standard InChI is InChI=1S/C10H7NO3.C8H19N/c11-6-8(10(13)14)5-7-1-3-9(12)4-2-7;1-6-9(7(2)3)8(4)5/h1-5,12H,(H,13,14);7-8H,6H2,1-5H3/b8-5+;. The maximum Gasteiger partial charge on any atom is 0.346 e. The summed E-state index contributed by atoms with van der Waals surface area (Å²) in [5, 5.41) is 26.0. The summed E-state index contributed by atoms with van der Waals surface area (Å²) in [6, 6.07) is 8.83. The molecule has 5 nitrogen and oxygen atoms in total. The van der Waals surface area contributed by atoms with Crippen LogP contribution >= 0.6 is 0 Å². The first-order chi connectivity index (χ1) is 10.7. The van der Waals surface area contributed by atoms with Gasteiger partial charge in [0.25, 0.3) is 0 Å². The summed E-state index contributed by atoms with van der Waals surface area (Å²) in [6.45, 7) is 12.3. The quantitative estimate of drug-likeness (QED) is 0.641. The highest BCUT2D eigenvalue weighted by Gasteiger charge is 2.09. The molecule has 0 saturated carbocycles. The summed E-state index contributed by atoms with van der Waals surface area (Å²) in [7, 11) is 0. The van der Waals surface area contributed by atoms with Gasteiger partial charge in [-0.3, -0.25) is 4.90 Å². The van der Waals surface area contributed by atoms with Crippen LogP contribution in [0.3, 0.4) is 0 Å². The van der Waals surface area contributed by atoms with Crippen molar-refractivity contribution >= 4 is 12.0 Å². The first-order valence-electron chi connectivity index (χ1n) is 7.62. The third kappa shape index (κ3) is 8.03. The smallest absolute Gasteiger partial charge is 0.346 e. The molecule has 0 bridgehead atoms. The molecule has 0 unspecified atom stereocenters. The molecule has 1 aromatic carbocycles. The normalized spacial score (nSPS) is 11.2. The molecule has 0 aliphatic heterocycles. The molecule has 0 aliphatic rings. The Bertz CT molecular complexity index is 547. The van der Waals surface area contributed by atoms with E-state index in [2.05, 4.69) is 39.5 Å². The molecule has 23 heavy (non-hydrogen) atoms. The van der Waals surface area contributed by atoms with Crippen molar-refractivity contribution in [1.82, 2.24) is 4.90 Å². The lowest BCUT2D eigenvalue weighted by Gasteiger charge is -2.28. The molecule has 0 radical (unpaired) electrons. The number of carbonyl (C=O) groups is 1. The second kappa shape index (κ2) is 10.4. The predicted molar refractivity (Wildman–Crippen MR) is 92.0 cm³/mol. The van der Waals surface area contributed by atoms with E-state index in [4.69, 9.17) is 15.5 Å².